The van der Waals surface area contributed by atoms with E-state index in [1.54, 1.807) is 12.1 Å². The molecule has 0 bridgehead atoms. The standard InChI is InChI=1S/C39H42N4O7/c44-33-16-14-30(31-15-17-37(46)42-38(31)33)34(45)26-40-20-24-48-35-12-6-7-13-36(35)49-25-23-43-21-18-28(19-22-43)50-39(47)41-32-11-5-4-10-29(32)27-8-2-1-3-9-27/h1-17,28,34,40,44-45H,18-26H2,(H,41,47)(H,42,46)/t34-/m0/s1. The third-order valence-electron chi connectivity index (χ3n) is 8.71. The number of H-pyrrole nitrogens is 1. The highest BCUT2D eigenvalue weighted by Gasteiger charge is 2.23. The van der Waals surface area contributed by atoms with Gasteiger partial charge < -0.3 is 34.7 Å². The molecule has 0 radical (unpaired) electrons. The molecule has 1 aliphatic rings. The highest BCUT2D eigenvalue weighted by atomic mass is 16.6. The number of rotatable bonds is 14. The number of aliphatic hydroxyl groups is 1. The molecule has 1 saturated heterocycles. The minimum Gasteiger partial charge on any atom is -0.506 e. The van der Waals surface area contributed by atoms with Gasteiger partial charge in [0.2, 0.25) is 5.56 Å². The normalized spacial score (nSPS) is 14.3. The number of hydrogen-bond acceptors (Lipinski definition) is 9. The van der Waals surface area contributed by atoms with Gasteiger partial charge in [0.05, 0.1) is 17.3 Å². The number of aromatic nitrogens is 1. The summed E-state index contributed by atoms with van der Waals surface area (Å²) in [5.41, 5.74) is 3.27. The minimum absolute atomic E-state index is 0.0474. The molecule has 11 nitrogen and oxygen atoms in total. The molecular formula is C39H42N4O7. The minimum atomic E-state index is -0.851. The van der Waals surface area contributed by atoms with Crippen LogP contribution >= 0.6 is 0 Å². The van der Waals surface area contributed by atoms with Gasteiger partial charge in [-0.2, -0.15) is 0 Å². The molecule has 0 unspecified atom stereocenters. The molecule has 0 saturated carbocycles. The van der Waals surface area contributed by atoms with Crippen LogP contribution in [0.4, 0.5) is 10.5 Å². The third kappa shape index (κ3) is 9.00. The van der Waals surface area contributed by atoms with Gasteiger partial charge >= 0.3 is 6.09 Å². The van der Waals surface area contributed by atoms with Crippen molar-refractivity contribution in [3.05, 3.63) is 119 Å². The Bertz CT molecular complexity index is 1930. The highest BCUT2D eigenvalue weighted by molar-refractivity contribution is 5.91. The number of aromatic hydroxyl groups is 1. The van der Waals surface area contributed by atoms with Crippen molar-refractivity contribution >= 4 is 22.7 Å². The Labute approximate surface area is 290 Å². The van der Waals surface area contributed by atoms with E-state index in [-0.39, 0.29) is 24.0 Å². The van der Waals surface area contributed by atoms with E-state index in [1.807, 2.05) is 78.9 Å². The fourth-order valence-electron chi connectivity index (χ4n) is 6.11. The first-order valence-electron chi connectivity index (χ1n) is 16.9. The molecule has 1 aromatic heterocycles. The van der Waals surface area contributed by atoms with E-state index in [4.69, 9.17) is 14.2 Å². The quantitative estimate of drug-likeness (QED) is 0.0935. The lowest BCUT2D eigenvalue weighted by molar-refractivity contribution is 0.0546. The summed E-state index contributed by atoms with van der Waals surface area (Å²) < 4.78 is 17.8. The van der Waals surface area contributed by atoms with Crippen molar-refractivity contribution in [2.24, 2.45) is 0 Å². The largest absolute Gasteiger partial charge is 0.506 e. The molecule has 4 aromatic carbocycles. The van der Waals surface area contributed by atoms with Crippen LogP contribution in [0.3, 0.4) is 0 Å². The Morgan fingerprint density at radius 1 is 0.860 bits per heavy atom. The number of carbonyl (C=O) groups excluding carboxylic acids is 1. The van der Waals surface area contributed by atoms with Crippen LogP contribution in [0.15, 0.2) is 108 Å². The second-order valence-corrected chi connectivity index (χ2v) is 12.1. The number of para-hydroxylation sites is 3. The van der Waals surface area contributed by atoms with Crippen LogP contribution in [0.2, 0.25) is 0 Å². The van der Waals surface area contributed by atoms with Gasteiger partial charge in [-0.1, -0.05) is 66.7 Å². The number of carbonyl (C=O) groups is 1. The number of phenolic OH excluding ortho intramolecular Hbond substituents is 1. The van der Waals surface area contributed by atoms with Gasteiger partial charge in [0.25, 0.3) is 0 Å². The lowest BCUT2D eigenvalue weighted by Crippen LogP contribution is -2.40. The van der Waals surface area contributed by atoms with Gasteiger partial charge in [0.15, 0.2) is 11.5 Å². The van der Waals surface area contributed by atoms with Gasteiger partial charge in [-0.3, -0.25) is 15.0 Å². The van der Waals surface area contributed by atoms with Crippen LogP contribution in [0.1, 0.15) is 24.5 Å². The SMILES string of the molecule is O=C(Nc1ccccc1-c1ccccc1)OC1CCN(CCOc2ccccc2OCCNC[C@H](O)c2ccc(O)c3[nH]c(=O)ccc23)CC1. The van der Waals surface area contributed by atoms with Crippen LogP contribution in [0, 0.1) is 0 Å². The number of fused-ring (bicyclic) bond motifs is 1. The number of amides is 1. The van der Waals surface area contributed by atoms with Crippen LogP contribution in [0.25, 0.3) is 22.0 Å². The fraction of sp³-hybridized carbons (Fsp3) is 0.282. The zero-order valence-corrected chi connectivity index (χ0v) is 27.7. The first kappa shape index (κ1) is 34.5. The first-order chi connectivity index (χ1) is 24.4. The number of hydrogen-bond donors (Lipinski definition) is 5. The number of pyridine rings is 1. The maximum atomic E-state index is 12.8. The van der Waals surface area contributed by atoms with Crippen molar-refractivity contribution < 1.29 is 29.2 Å². The molecule has 2 heterocycles. The summed E-state index contributed by atoms with van der Waals surface area (Å²) in [6.45, 7) is 3.92. The summed E-state index contributed by atoms with van der Waals surface area (Å²) in [7, 11) is 0. The molecule has 0 aliphatic carbocycles. The van der Waals surface area contributed by atoms with Crippen molar-refractivity contribution in [2.45, 2.75) is 25.0 Å². The molecule has 1 atom stereocenters. The highest BCUT2D eigenvalue weighted by Crippen LogP contribution is 2.30. The van der Waals surface area contributed by atoms with Gasteiger partial charge in [-0.15, -0.1) is 0 Å². The number of piperidine rings is 1. The molecule has 1 aliphatic heterocycles. The zero-order valence-electron chi connectivity index (χ0n) is 27.7. The van der Waals surface area contributed by atoms with Crippen molar-refractivity contribution in [3.63, 3.8) is 0 Å². The van der Waals surface area contributed by atoms with Crippen LogP contribution in [0.5, 0.6) is 17.2 Å². The van der Waals surface area contributed by atoms with Crippen molar-refractivity contribution in [2.75, 3.05) is 51.3 Å². The van der Waals surface area contributed by atoms with Crippen LogP contribution in [-0.4, -0.2) is 78.2 Å². The topological polar surface area (TPSA) is 145 Å². The van der Waals surface area contributed by atoms with E-state index in [0.29, 0.717) is 47.7 Å². The molecule has 50 heavy (non-hydrogen) atoms. The first-order valence-corrected chi connectivity index (χ1v) is 16.9. The molecule has 5 N–H and O–H groups in total. The van der Waals surface area contributed by atoms with E-state index in [2.05, 4.69) is 20.5 Å². The Kier molecular flexibility index (Phi) is 11.6. The summed E-state index contributed by atoms with van der Waals surface area (Å²) in [6.07, 6.45) is 0.0550. The van der Waals surface area contributed by atoms with Crippen molar-refractivity contribution in [3.8, 4) is 28.4 Å². The molecule has 11 heteroatoms. The van der Waals surface area contributed by atoms with Gasteiger partial charge in [0.1, 0.15) is 25.1 Å². The Morgan fingerprint density at radius 2 is 1.56 bits per heavy atom. The van der Waals surface area contributed by atoms with Crippen molar-refractivity contribution in [1.82, 2.24) is 15.2 Å². The lowest BCUT2D eigenvalue weighted by Gasteiger charge is -2.31. The molecule has 0 spiro atoms. The Balaban J connectivity index is 0.891. The number of nitrogens with one attached hydrogen (secondary N) is 3. The summed E-state index contributed by atoms with van der Waals surface area (Å²) in [6, 6.07) is 31.3. The van der Waals surface area contributed by atoms with Crippen LogP contribution in [-0.2, 0) is 4.74 Å². The number of anilines is 1. The van der Waals surface area contributed by atoms with E-state index in [1.165, 1.54) is 12.1 Å². The molecule has 1 fully saturated rings. The summed E-state index contributed by atoms with van der Waals surface area (Å²) in [4.78, 5) is 29.3. The van der Waals surface area contributed by atoms with Gasteiger partial charge in [-0.25, -0.2) is 4.79 Å². The number of aromatic amines is 1. The second-order valence-electron chi connectivity index (χ2n) is 12.1. The second kappa shape index (κ2) is 16.8. The monoisotopic (exact) mass is 678 g/mol. The smallest absolute Gasteiger partial charge is 0.411 e. The van der Waals surface area contributed by atoms with E-state index < -0.39 is 12.2 Å². The maximum Gasteiger partial charge on any atom is 0.411 e. The summed E-state index contributed by atoms with van der Waals surface area (Å²) >= 11 is 0. The average molecular weight is 679 g/mol. The van der Waals surface area contributed by atoms with E-state index >= 15 is 0 Å². The number of nitrogens with zero attached hydrogens (tertiary/aromatic N) is 1. The van der Waals surface area contributed by atoms with E-state index in [9.17, 15) is 19.8 Å². The van der Waals surface area contributed by atoms with Crippen LogP contribution < -0.4 is 25.7 Å². The predicted octanol–water partition coefficient (Wildman–Crippen LogP) is 5.69. The Hall–Kier alpha value is -5.36. The lowest BCUT2D eigenvalue weighted by atomic mass is 10.0. The molecule has 260 valence electrons. The number of likely N-dealkylation sites (tertiary alicyclic amines) is 1. The Morgan fingerprint density at radius 3 is 2.34 bits per heavy atom. The number of phenols is 1. The van der Waals surface area contributed by atoms with Crippen molar-refractivity contribution in [1.29, 1.82) is 0 Å². The predicted molar refractivity (Wildman–Crippen MR) is 193 cm³/mol. The molecule has 6 rings (SSSR count). The summed E-state index contributed by atoms with van der Waals surface area (Å²) in [5, 5.41) is 27.6. The maximum absolute atomic E-state index is 12.8. The van der Waals surface area contributed by atoms with E-state index in [0.717, 1.165) is 49.3 Å². The van der Waals surface area contributed by atoms with Gasteiger partial charge in [-0.05, 0) is 54.3 Å². The molecular weight excluding hydrogens is 636 g/mol. The zero-order chi connectivity index (χ0) is 34.7. The third-order valence-corrected chi connectivity index (χ3v) is 8.71. The number of aliphatic hydroxyl groups excluding tert-OH is 1. The molecule has 1 amide bonds. The fourth-order valence-corrected chi connectivity index (χ4v) is 6.11. The van der Waals surface area contributed by atoms with Gasteiger partial charge in [0, 0.05) is 49.7 Å². The molecule has 5 aromatic rings. The summed E-state index contributed by atoms with van der Waals surface area (Å²) in [5.74, 6) is 1.24. The number of ether oxygens (including phenoxy) is 3. The average Bonchev–Trinajstić information content (AvgIpc) is 3.13. The number of benzene rings is 4.